The van der Waals surface area contributed by atoms with Crippen molar-refractivity contribution >= 4 is 11.7 Å². The molecule has 0 aliphatic carbocycles. The number of nitrogens with zero attached hydrogens (tertiary/aromatic N) is 1. The van der Waals surface area contributed by atoms with Crippen LogP contribution in [-0.2, 0) is 0 Å². The summed E-state index contributed by atoms with van der Waals surface area (Å²) in [6.07, 6.45) is -1.29. The molecule has 2 amide bonds. The minimum atomic E-state index is -1.29. The third-order valence-electron chi connectivity index (χ3n) is 3.47. The lowest BCUT2D eigenvalue weighted by Gasteiger charge is -2.21. The summed E-state index contributed by atoms with van der Waals surface area (Å²) < 4.78 is 39.2. The normalized spacial score (nSPS) is 12.8. The van der Waals surface area contributed by atoms with Crippen molar-refractivity contribution in [1.82, 2.24) is 5.32 Å². The van der Waals surface area contributed by atoms with Gasteiger partial charge in [-0.25, -0.2) is 18.0 Å². The topological polar surface area (TPSA) is 85.2 Å². The average Bonchev–Trinajstić information content (AvgIpc) is 2.58. The number of hydrogen-bond acceptors (Lipinski definition) is 3. The number of urea groups is 1. The highest BCUT2D eigenvalue weighted by atomic mass is 19.2. The minimum absolute atomic E-state index is 0.0658. The molecule has 2 rings (SSSR count). The molecule has 2 aromatic rings. The van der Waals surface area contributed by atoms with Gasteiger partial charge in [-0.1, -0.05) is 6.07 Å². The van der Waals surface area contributed by atoms with E-state index >= 15 is 0 Å². The Bertz CT molecular complexity index is 836. The molecule has 130 valence electrons. The first-order valence-electron chi connectivity index (χ1n) is 7.22. The second kappa shape index (κ2) is 7.68. The fraction of sp³-hybridized carbons (Fsp3) is 0.176. The Balaban J connectivity index is 2.04. The van der Waals surface area contributed by atoms with Crippen LogP contribution in [0.15, 0.2) is 36.4 Å². The van der Waals surface area contributed by atoms with Gasteiger partial charge in [0.2, 0.25) is 0 Å². The monoisotopic (exact) mass is 349 g/mol. The molecule has 25 heavy (non-hydrogen) atoms. The van der Waals surface area contributed by atoms with E-state index in [1.54, 1.807) is 6.07 Å². The fourth-order valence-electron chi connectivity index (χ4n) is 2.15. The lowest BCUT2D eigenvalue weighted by atomic mass is 10.0. The Morgan fingerprint density at radius 2 is 1.88 bits per heavy atom. The van der Waals surface area contributed by atoms with E-state index in [1.165, 1.54) is 19.1 Å². The molecule has 0 aromatic heterocycles. The summed E-state index contributed by atoms with van der Waals surface area (Å²) in [5.74, 6) is -2.78. The molecule has 0 bridgehead atoms. The molecule has 5 nitrogen and oxygen atoms in total. The molecule has 3 N–H and O–H groups in total. The van der Waals surface area contributed by atoms with Crippen molar-refractivity contribution in [1.29, 1.82) is 5.26 Å². The number of halogens is 3. The molecule has 0 spiro atoms. The number of hydrogen-bond donors (Lipinski definition) is 3. The maximum absolute atomic E-state index is 13.2. The van der Waals surface area contributed by atoms with Crippen molar-refractivity contribution in [3.63, 3.8) is 0 Å². The van der Waals surface area contributed by atoms with E-state index in [2.05, 4.69) is 10.6 Å². The standard InChI is InChI=1S/C17H14F3N3O2/c1-9(16(24)10-2-4-13(19)14(20)7-10)22-17(25)23-15-5-3-12(18)6-11(15)8-21/h2-7,9,16,24H,1H3,(H2,22,23,25). The molecule has 0 fully saturated rings. The van der Waals surface area contributed by atoms with E-state index in [0.717, 1.165) is 24.3 Å². The number of aliphatic hydroxyl groups is 1. The van der Waals surface area contributed by atoms with Gasteiger partial charge in [0.25, 0.3) is 0 Å². The highest BCUT2D eigenvalue weighted by molar-refractivity contribution is 5.90. The Hall–Kier alpha value is -3.05. The maximum atomic E-state index is 13.2. The SMILES string of the molecule is CC(NC(=O)Nc1ccc(F)cc1C#N)C(O)c1ccc(F)c(F)c1. The summed E-state index contributed by atoms with van der Waals surface area (Å²) >= 11 is 0. The largest absolute Gasteiger partial charge is 0.386 e. The highest BCUT2D eigenvalue weighted by Crippen LogP contribution is 2.20. The first kappa shape index (κ1) is 18.3. The molecule has 0 radical (unpaired) electrons. The first-order chi connectivity index (χ1) is 11.8. The number of benzene rings is 2. The van der Waals surface area contributed by atoms with Crippen molar-refractivity contribution < 1.29 is 23.1 Å². The van der Waals surface area contributed by atoms with Crippen molar-refractivity contribution in [2.75, 3.05) is 5.32 Å². The van der Waals surface area contributed by atoms with E-state index in [4.69, 9.17) is 5.26 Å². The molecule has 2 unspecified atom stereocenters. The maximum Gasteiger partial charge on any atom is 0.319 e. The number of rotatable bonds is 4. The number of nitriles is 1. The van der Waals surface area contributed by atoms with Crippen molar-refractivity contribution in [2.45, 2.75) is 19.1 Å². The first-order valence-corrected chi connectivity index (χ1v) is 7.22. The molecule has 0 aliphatic rings. The van der Waals surface area contributed by atoms with Gasteiger partial charge >= 0.3 is 6.03 Å². The van der Waals surface area contributed by atoms with Crippen molar-refractivity contribution in [3.8, 4) is 6.07 Å². The predicted molar refractivity (Wildman–Crippen MR) is 84.0 cm³/mol. The van der Waals surface area contributed by atoms with Gasteiger partial charge < -0.3 is 15.7 Å². The van der Waals surface area contributed by atoms with Gasteiger partial charge in [-0.2, -0.15) is 5.26 Å². The van der Waals surface area contributed by atoms with Crippen LogP contribution in [-0.4, -0.2) is 17.2 Å². The van der Waals surface area contributed by atoms with Gasteiger partial charge in [0, 0.05) is 0 Å². The molecular weight excluding hydrogens is 335 g/mol. The average molecular weight is 349 g/mol. The van der Waals surface area contributed by atoms with Crippen molar-refractivity contribution in [2.24, 2.45) is 0 Å². The number of carbonyl (C=O) groups is 1. The van der Waals surface area contributed by atoms with E-state index < -0.39 is 35.6 Å². The van der Waals surface area contributed by atoms with Crippen LogP contribution in [0.2, 0.25) is 0 Å². The van der Waals surface area contributed by atoms with Crippen LogP contribution >= 0.6 is 0 Å². The van der Waals surface area contributed by atoms with Gasteiger partial charge in [-0.15, -0.1) is 0 Å². The summed E-state index contributed by atoms with van der Waals surface area (Å²) in [6.45, 7) is 1.46. The molecule has 0 heterocycles. The van der Waals surface area contributed by atoms with Gasteiger partial charge in [0.05, 0.1) is 23.4 Å². The molecule has 2 aromatic carbocycles. The Morgan fingerprint density at radius 3 is 2.52 bits per heavy atom. The van der Waals surface area contributed by atoms with Gasteiger partial charge in [-0.3, -0.25) is 0 Å². The van der Waals surface area contributed by atoms with Crippen LogP contribution < -0.4 is 10.6 Å². The number of carbonyl (C=O) groups excluding carboxylic acids is 1. The second-order valence-electron chi connectivity index (χ2n) is 5.31. The third-order valence-corrected chi connectivity index (χ3v) is 3.47. The van der Waals surface area contributed by atoms with Crippen LogP contribution in [0, 0.1) is 28.8 Å². The van der Waals surface area contributed by atoms with Crippen LogP contribution in [0.4, 0.5) is 23.7 Å². The van der Waals surface area contributed by atoms with Gasteiger partial charge in [0.15, 0.2) is 11.6 Å². The predicted octanol–water partition coefficient (Wildman–Crippen LogP) is 3.22. The van der Waals surface area contributed by atoms with Crippen LogP contribution in [0.1, 0.15) is 24.2 Å². The quantitative estimate of drug-likeness (QED) is 0.792. The summed E-state index contributed by atoms with van der Waals surface area (Å²) in [5.41, 5.74) is 0.117. The van der Waals surface area contributed by atoms with Crippen molar-refractivity contribution in [3.05, 3.63) is 65.0 Å². The number of nitrogens with one attached hydrogen (secondary N) is 2. The molecule has 8 heteroatoms. The lowest BCUT2D eigenvalue weighted by molar-refractivity contribution is 0.138. The van der Waals surface area contributed by atoms with Crippen LogP contribution in [0.3, 0.4) is 0 Å². The van der Waals surface area contributed by atoms with E-state index in [9.17, 15) is 23.1 Å². The summed E-state index contributed by atoms with van der Waals surface area (Å²) in [6, 6.07) is 6.33. The third kappa shape index (κ3) is 4.49. The summed E-state index contributed by atoms with van der Waals surface area (Å²) in [5, 5.41) is 23.8. The number of anilines is 1. The number of amides is 2. The number of aliphatic hydroxyl groups excluding tert-OH is 1. The van der Waals surface area contributed by atoms with E-state index in [1.807, 2.05) is 0 Å². The van der Waals surface area contributed by atoms with E-state index in [0.29, 0.717) is 0 Å². The smallest absolute Gasteiger partial charge is 0.319 e. The summed E-state index contributed by atoms with van der Waals surface area (Å²) in [7, 11) is 0. The Kier molecular flexibility index (Phi) is 5.62. The summed E-state index contributed by atoms with van der Waals surface area (Å²) in [4.78, 5) is 12.0. The highest BCUT2D eigenvalue weighted by Gasteiger charge is 2.20. The van der Waals surface area contributed by atoms with Gasteiger partial charge in [0.1, 0.15) is 11.9 Å². The molecule has 2 atom stereocenters. The lowest BCUT2D eigenvalue weighted by Crippen LogP contribution is -2.39. The Labute approximate surface area is 141 Å². The zero-order valence-electron chi connectivity index (χ0n) is 13.1. The molecule has 0 saturated carbocycles. The molecule has 0 saturated heterocycles. The Morgan fingerprint density at radius 1 is 1.16 bits per heavy atom. The van der Waals surface area contributed by atoms with Gasteiger partial charge in [-0.05, 0) is 42.8 Å². The zero-order chi connectivity index (χ0) is 18.6. The zero-order valence-corrected chi connectivity index (χ0v) is 13.1. The second-order valence-corrected chi connectivity index (χ2v) is 5.31. The molecular formula is C17H14F3N3O2. The van der Waals surface area contributed by atoms with Crippen LogP contribution in [0.25, 0.3) is 0 Å². The van der Waals surface area contributed by atoms with Crippen LogP contribution in [0.5, 0.6) is 0 Å². The fourth-order valence-corrected chi connectivity index (χ4v) is 2.15. The molecule has 0 aliphatic heterocycles. The van der Waals surface area contributed by atoms with E-state index in [-0.39, 0.29) is 16.8 Å². The minimum Gasteiger partial charge on any atom is -0.386 e.